The molecule has 2 aromatic rings. The number of carbonyl (C=O) groups is 1. The van der Waals surface area contributed by atoms with Gasteiger partial charge in [-0.1, -0.05) is 61.4 Å². The van der Waals surface area contributed by atoms with Gasteiger partial charge in [0.2, 0.25) is 0 Å². The predicted octanol–water partition coefficient (Wildman–Crippen LogP) is 4.67. The first-order chi connectivity index (χ1) is 14.4. The highest BCUT2D eigenvalue weighted by atomic mass is 32.2. The molecule has 0 bridgehead atoms. The molecule has 2 fully saturated rings. The van der Waals surface area contributed by atoms with Crippen molar-refractivity contribution in [3.63, 3.8) is 0 Å². The van der Waals surface area contributed by atoms with Crippen LogP contribution in [0.25, 0.3) is 10.9 Å². The fraction of sp³-hybridized carbons (Fsp3) is 0.476. The zero-order valence-electron chi connectivity index (χ0n) is 17.2. The lowest BCUT2D eigenvalue weighted by atomic mass is 9.96. The molecule has 1 saturated heterocycles. The van der Waals surface area contributed by atoms with Gasteiger partial charge in [0.25, 0.3) is 0 Å². The number of H-pyrrole nitrogens is 1. The minimum absolute atomic E-state index is 0.105. The Hall–Kier alpha value is -2.10. The average molecular weight is 446 g/mol. The van der Waals surface area contributed by atoms with E-state index in [0.717, 1.165) is 47.2 Å². The Morgan fingerprint density at radius 1 is 1.37 bits per heavy atom. The Balaban J connectivity index is 1.54. The highest BCUT2D eigenvalue weighted by molar-refractivity contribution is 8.24. The van der Waals surface area contributed by atoms with Crippen LogP contribution in [0.2, 0.25) is 0 Å². The molecule has 1 unspecified atom stereocenters. The highest BCUT2D eigenvalue weighted by Gasteiger charge is 2.50. The van der Waals surface area contributed by atoms with Crippen LogP contribution >= 0.6 is 24.0 Å². The number of thiocarbonyl (C=S) groups is 1. The molecular weight excluding hydrogens is 418 g/mol. The summed E-state index contributed by atoms with van der Waals surface area (Å²) in [5, 5.41) is 21.7. The van der Waals surface area contributed by atoms with E-state index in [9.17, 15) is 10.0 Å². The number of hydrogen-bond acceptors (Lipinski definition) is 5. The monoisotopic (exact) mass is 445 g/mol. The van der Waals surface area contributed by atoms with Crippen LogP contribution in [-0.4, -0.2) is 53.8 Å². The normalized spacial score (nSPS) is 22.2. The molecule has 0 spiro atoms. The van der Waals surface area contributed by atoms with Gasteiger partial charge in [-0.2, -0.15) is 10.2 Å². The first-order valence-corrected chi connectivity index (χ1v) is 11.5. The van der Waals surface area contributed by atoms with Gasteiger partial charge < -0.3 is 10.3 Å². The summed E-state index contributed by atoms with van der Waals surface area (Å²) in [6.07, 6.45) is 8.19. The zero-order chi connectivity index (χ0) is 21.3. The molecule has 2 amide bonds. The smallest absolute Gasteiger partial charge is 0.343 e. The zero-order valence-corrected chi connectivity index (χ0v) is 18.8. The Labute approximate surface area is 185 Å². The van der Waals surface area contributed by atoms with E-state index in [1.807, 2.05) is 44.3 Å². The number of hydroxylamine groups is 2. The maximum absolute atomic E-state index is 12.8. The number of hydrogen-bond donors (Lipinski definition) is 3. The summed E-state index contributed by atoms with van der Waals surface area (Å²) < 4.78 is -0.00146. The van der Waals surface area contributed by atoms with E-state index in [1.54, 1.807) is 11.2 Å². The van der Waals surface area contributed by atoms with Gasteiger partial charge in [-0.3, -0.25) is 5.21 Å². The molecule has 0 radical (unpaired) electrons. The van der Waals surface area contributed by atoms with Gasteiger partial charge in [-0.25, -0.2) is 9.80 Å². The van der Waals surface area contributed by atoms with E-state index < -0.39 is 16.9 Å². The number of benzene rings is 1. The van der Waals surface area contributed by atoms with Crippen LogP contribution in [0, 0.1) is 0 Å². The fourth-order valence-corrected chi connectivity index (χ4v) is 5.94. The maximum atomic E-state index is 12.8. The molecule has 1 aliphatic carbocycles. The second-order valence-electron chi connectivity index (χ2n) is 8.35. The van der Waals surface area contributed by atoms with E-state index in [1.165, 1.54) is 18.2 Å². The maximum Gasteiger partial charge on any atom is 0.343 e. The SMILES string of the molecule is CC1(C)SC(=S)N(N=Cc2c[nH]c3ccccc23)C1N(O)C(=O)NC1CCCCC1. The van der Waals surface area contributed by atoms with Crippen molar-refractivity contribution in [2.24, 2.45) is 5.10 Å². The predicted molar refractivity (Wildman–Crippen MR) is 125 cm³/mol. The number of aromatic nitrogens is 1. The minimum Gasteiger partial charge on any atom is -0.361 e. The molecule has 2 aliphatic rings. The molecule has 9 heteroatoms. The van der Waals surface area contributed by atoms with Crippen molar-refractivity contribution < 1.29 is 10.0 Å². The molecule has 1 saturated carbocycles. The summed E-state index contributed by atoms with van der Waals surface area (Å²) in [6, 6.07) is 7.56. The molecule has 4 rings (SSSR count). The molecule has 1 aromatic heterocycles. The number of aromatic amines is 1. The van der Waals surface area contributed by atoms with Crippen molar-refractivity contribution in [3.8, 4) is 0 Å². The van der Waals surface area contributed by atoms with E-state index >= 15 is 0 Å². The van der Waals surface area contributed by atoms with Gasteiger partial charge in [0, 0.05) is 28.7 Å². The van der Waals surface area contributed by atoms with Crippen molar-refractivity contribution in [1.82, 2.24) is 20.4 Å². The molecule has 30 heavy (non-hydrogen) atoms. The van der Waals surface area contributed by atoms with Gasteiger partial charge in [0.1, 0.15) is 0 Å². The number of rotatable bonds is 4. The van der Waals surface area contributed by atoms with Gasteiger partial charge in [0.05, 0.1) is 11.0 Å². The van der Waals surface area contributed by atoms with Gasteiger partial charge in [-0.05, 0) is 32.8 Å². The minimum atomic E-state index is -0.708. The Kier molecular flexibility index (Phi) is 6.04. The van der Waals surface area contributed by atoms with Crippen molar-refractivity contribution in [2.45, 2.75) is 62.9 Å². The summed E-state index contributed by atoms with van der Waals surface area (Å²) in [7, 11) is 0. The second-order valence-corrected chi connectivity index (χ2v) is 10.6. The van der Waals surface area contributed by atoms with Crippen LogP contribution in [0.4, 0.5) is 4.79 Å². The number of thioether (sulfide) groups is 1. The van der Waals surface area contributed by atoms with Crippen LogP contribution in [-0.2, 0) is 0 Å². The lowest BCUT2D eigenvalue weighted by Crippen LogP contribution is -2.57. The number of nitrogens with zero attached hydrogens (tertiary/aromatic N) is 3. The third-order valence-electron chi connectivity index (χ3n) is 5.71. The van der Waals surface area contributed by atoms with Crippen LogP contribution in [0.3, 0.4) is 0 Å². The van der Waals surface area contributed by atoms with Crippen molar-refractivity contribution >= 4 is 51.4 Å². The highest BCUT2D eigenvalue weighted by Crippen LogP contribution is 2.42. The lowest BCUT2D eigenvalue weighted by molar-refractivity contribution is -0.119. The first-order valence-electron chi connectivity index (χ1n) is 10.3. The van der Waals surface area contributed by atoms with Gasteiger partial charge in [0.15, 0.2) is 10.5 Å². The van der Waals surface area contributed by atoms with Crippen molar-refractivity contribution in [1.29, 1.82) is 0 Å². The van der Waals surface area contributed by atoms with Gasteiger partial charge >= 0.3 is 6.03 Å². The van der Waals surface area contributed by atoms with Crippen LogP contribution in [0.1, 0.15) is 51.5 Å². The van der Waals surface area contributed by atoms with Crippen LogP contribution in [0.5, 0.6) is 0 Å². The van der Waals surface area contributed by atoms with E-state index in [-0.39, 0.29) is 6.04 Å². The van der Waals surface area contributed by atoms with Crippen LogP contribution in [0.15, 0.2) is 35.6 Å². The van der Waals surface area contributed by atoms with Crippen LogP contribution < -0.4 is 5.32 Å². The third kappa shape index (κ3) is 4.19. The van der Waals surface area contributed by atoms with E-state index in [4.69, 9.17) is 12.2 Å². The fourth-order valence-electron chi connectivity index (χ4n) is 4.15. The molecular formula is C21H27N5O2S2. The average Bonchev–Trinajstić information content (AvgIpc) is 3.23. The number of amides is 2. The van der Waals surface area contributed by atoms with E-state index in [0.29, 0.717) is 4.32 Å². The topological polar surface area (TPSA) is 84.0 Å². The standard InChI is InChI=1S/C21H27N5O2S2/c1-21(2)18(26(28)19(27)24-15-8-4-3-5-9-15)25(20(29)30-21)23-13-14-12-22-17-11-7-6-10-16(14)17/h6-7,10-13,15,18,22,28H,3-5,8-9H2,1-2H3,(H,24,27). The third-order valence-corrected chi connectivity index (χ3v) is 7.24. The van der Waals surface area contributed by atoms with Crippen molar-refractivity contribution in [3.05, 3.63) is 36.0 Å². The molecule has 1 aliphatic heterocycles. The molecule has 160 valence electrons. The largest absolute Gasteiger partial charge is 0.361 e. The summed E-state index contributed by atoms with van der Waals surface area (Å²) in [6.45, 7) is 3.90. The summed E-state index contributed by atoms with van der Waals surface area (Å²) in [4.78, 5) is 16.0. The number of urea groups is 1. The molecule has 3 N–H and O–H groups in total. The lowest BCUT2D eigenvalue weighted by Gasteiger charge is -2.35. The number of carbonyl (C=O) groups excluding carboxylic acids is 1. The van der Waals surface area contributed by atoms with Gasteiger partial charge in [-0.15, -0.1) is 0 Å². The summed E-state index contributed by atoms with van der Waals surface area (Å²) in [5.41, 5.74) is 1.93. The Morgan fingerprint density at radius 3 is 2.87 bits per heavy atom. The molecule has 1 atom stereocenters. The first kappa shape index (κ1) is 21.1. The number of hydrazone groups is 1. The Bertz CT molecular complexity index is 967. The summed E-state index contributed by atoms with van der Waals surface area (Å²) in [5.74, 6) is 0. The number of fused-ring (bicyclic) bond motifs is 1. The van der Waals surface area contributed by atoms with E-state index in [2.05, 4.69) is 15.4 Å². The quantitative estimate of drug-likeness (QED) is 0.276. The van der Waals surface area contributed by atoms with Crippen molar-refractivity contribution in [2.75, 3.05) is 0 Å². The summed E-state index contributed by atoms with van der Waals surface area (Å²) >= 11 is 6.95. The molecule has 2 heterocycles. The molecule has 1 aromatic carbocycles. The Morgan fingerprint density at radius 2 is 2.10 bits per heavy atom. The number of para-hydroxylation sites is 1. The molecule has 7 nitrogen and oxygen atoms in total. The second kappa shape index (κ2) is 8.56. The number of nitrogens with one attached hydrogen (secondary N) is 2.